The van der Waals surface area contributed by atoms with Crippen LogP contribution in [0.1, 0.15) is 19.3 Å². The van der Waals surface area contributed by atoms with Gasteiger partial charge in [-0.15, -0.1) is 0 Å². The summed E-state index contributed by atoms with van der Waals surface area (Å²) in [6, 6.07) is 7.63. The van der Waals surface area contributed by atoms with Crippen LogP contribution in [0.4, 0.5) is 0 Å². The van der Waals surface area contributed by atoms with Gasteiger partial charge in [0, 0.05) is 24.0 Å². The lowest BCUT2D eigenvalue weighted by Crippen LogP contribution is -2.29. The van der Waals surface area contributed by atoms with Gasteiger partial charge in [-0.2, -0.15) is 0 Å². The first-order valence-electron chi connectivity index (χ1n) is 6.49. The highest BCUT2D eigenvalue weighted by atomic mass is 79.9. The average molecular weight is 328 g/mol. The van der Waals surface area contributed by atoms with Crippen LogP contribution in [0.15, 0.2) is 28.7 Å². The van der Waals surface area contributed by atoms with Crippen molar-refractivity contribution in [1.29, 1.82) is 0 Å². The van der Waals surface area contributed by atoms with Crippen LogP contribution in [0.25, 0.3) is 0 Å². The zero-order valence-electron chi connectivity index (χ0n) is 10.7. The molecule has 5 heteroatoms. The summed E-state index contributed by atoms with van der Waals surface area (Å²) in [4.78, 5) is 13.5. The van der Waals surface area contributed by atoms with Gasteiger partial charge in [0.25, 0.3) is 0 Å². The van der Waals surface area contributed by atoms with Crippen molar-refractivity contribution >= 4 is 21.8 Å². The number of nitrogens with zero attached hydrogens (tertiary/aromatic N) is 1. The molecule has 0 aromatic heterocycles. The molecule has 19 heavy (non-hydrogen) atoms. The summed E-state index contributed by atoms with van der Waals surface area (Å²) >= 11 is 3.36. The van der Waals surface area contributed by atoms with Crippen LogP contribution >= 0.6 is 15.9 Å². The second-order valence-corrected chi connectivity index (χ2v) is 5.60. The number of β-amino-alcohol motifs (C(OH)–C–C–N with tert-alkyl or cyclic N) is 1. The number of carbonyl (C=O) groups excluding carboxylic acids is 1. The van der Waals surface area contributed by atoms with Gasteiger partial charge in [0.05, 0.1) is 12.7 Å². The number of ether oxygens (including phenoxy) is 1. The van der Waals surface area contributed by atoms with Crippen molar-refractivity contribution in [2.75, 3.05) is 19.7 Å². The molecule has 1 aromatic rings. The molecule has 0 aliphatic carbocycles. The molecule has 1 atom stereocenters. The summed E-state index contributed by atoms with van der Waals surface area (Å²) in [5.74, 6) is 0.920. The predicted octanol–water partition coefficient (Wildman–Crippen LogP) is 2.20. The van der Waals surface area contributed by atoms with Gasteiger partial charge >= 0.3 is 0 Å². The van der Waals surface area contributed by atoms with Crippen LogP contribution in [0.3, 0.4) is 0 Å². The molecule has 1 amide bonds. The van der Waals surface area contributed by atoms with Crippen LogP contribution < -0.4 is 4.74 Å². The number of halogens is 1. The van der Waals surface area contributed by atoms with Crippen molar-refractivity contribution in [3.8, 4) is 5.75 Å². The zero-order valence-corrected chi connectivity index (χ0v) is 12.3. The van der Waals surface area contributed by atoms with Gasteiger partial charge in [0.15, 0.2) is 0 Å². The third-order valence-corrected chi connectivity index (χ3v) is 3.66. The molecule has 2 rings (SSSR count). The molecule has 1 aliphatic heterocycles. The number of hydrogen-bond donors (Lipinski definition) is 1. The third kappa shape index (κ3) is 4.51. The van der Waals surface area contributed by atoms with E-state index in [9.17, 15) is 9.90 Å². The summed E-state index contributed by atoms with van der Waals surface area (Å²) < 4.78 is 6.57. The van der Waals surface area contributed by atoms with Crippen molar-refractivity contribution in [2.24, 2.45) is 0 Å². The normalized spacial score (nSPS) is 18.6. The van der Waals surface area contributed by atoms with E-state index in [0.717, 1.165) is 10.2 Å². The molecule has 1 heterocycles. The fourth-order valence-electron chi connectivity index (χ4n) is 2.07. The van der Waals surface area contributed by atoms with Crippen LogP contribution in [0.2, 0.25) is 0 Å². The van der Waals surface area contributed by atoms with Gasteiger partial charge in [0.2, 0.25) is 5.91 Å². The third-order valence-electron chi connectivity index (χ3n) is 3.13. The van der Waals surface area contributed by atoms with E-state index in [1.54, 1.807) is 4.90 Å². The molecule has 0 spiro atoms. The minimum atomic E-state index is -0.344. The van der Waals surface area contributed by atoms with Crippen molar-refractivity contribution < 1.29 is 14.6 Å². The van der Waals surface area contributed by atoms with Gasteiger partial charge in [-0.25, -0.2) is 0 Å². The molecule has 4 nitrogen and oxygen atoms in total. The molecular weight excluding hydrogens is 310 g/mol. The second kappa shape index (κ2) is 6.91. The number of benzene rings is 1. The lowest BCUT2D eigenvalue weighted by molar-refractivity contribution is -0.130. The predicted molar refractivity (Wildman–Crippen MR) is 76.1 cm³/mol. The minimum absolute atomic E-state index is 0.107. The molecule has 1 unspecified atom stereocenters. The molecule has 0 radical (unpaired) electrons. The van der Waals surface area contributed by atoms with Crippen LogP contribution in [0.5, 0.6) is 5.75 Å². The van der Waals surface area contributed by atoms with E-state index in [2.05, 4.69) is 15.9 Å². The lowest BCUT2D eigenvalue weighted by atomic mass is 10.3. The van der Waals surface area contributed by atoms with Crippen molar-refractivity contribution in [3.05, 3.63) is 28.7 Å². The summed E-state index contributed by atoms with van der Waals surface area (Å²) in [6.45, 7) is 1.68. The summed E-state index contributed by atoms with van der Waals surface area (Å²) in [6.07, 6.45) is 1.52. The highest BCUT2D eigenvalue weighted by molar-refractivity contribution is 9.10. The van der Waals surface area contributed by atoms with E-state index >= 15 is 0 Å². The van der Waals surface area contributed by atoms with E-state index in [1.807, 2.05) is 24.3 Å². The number of rotatable bonds is 5. The lowest BCUT2D eigenvalue weighted by Gasteiger charge is -2.15. The number of carbonyl (C=O) groups is 1. The maximum Gasteiger partial charge on any atom is 0.222 e. The molecule has 1 saturated heterocycles. The number of likely N-dealkylation sites (tertiary alicyclic amines) is 1. The smallest absolute Gasteiger partial charge is 0.222 e. The Morgan fingerprint density at radius 1 is 1.42 bits per heavy atom. The maximum absolute atomic E-state index is 11.8. The average Bonchev–Trinajstić information content (AvgIpc) is 2.83. The first-order chi connectivity index (χ1) is 9.15. The fourth-order valence-corrected chi connectivity index (χ4v) is 2.34. The van der Waals surface area contributed by atoms with Gasteiger partial charge in [-0.3, -0.25) is 4.79 Å². The molecule has 1 aliphatic rings. The van der Waals surface area contributed by atoms with E-state index in [0.29, 0.717) is 39.0 Å². The number of amides is 1. The van der Waals surface area contributed by atoms with Crippen LogP contribution in [0, 0.1) is 0 Å². The second-order valence-electron chi connectivity index (χ2n) is 4.69. The topological polar surface area (TPSA) is 49.8 Å². The Morgan fingerprint density at radius 3 is 2.79 bits per heavy atom. The Balaban J connectivity index is 1.64. The molecule has 0 saturated carbocycles. The molecule has 1 fully saturated rings. The van der Waals surface area contributed by atoms with Gasteiger partial charge in [-0.05, 0) is 37.1 Å². The van der Waals surface area contributed by atoms with Crippen LogP contribution in [-0.4, -0.2) is 41.7 Å². The number of aliphatic hydroxyl groups excluding tert-OH is 1. The van der Waals surface area contributed by atoms with Crippen LogP contribution in [-0.2, 0) is 4.79 Å². The first kappa shape index (κ1) is 14.3. The monoisotopic (exact) mass is 327 g/mol. The zero-order chi connectivity index (χ0) is 13.7. The van der Waals surface area contributed by atoms with E-state index in [1.165, 1.54) is 0 Å². The van der Waals surface area contributed by atoms with E-state index in [4.69, 9.17) is 4.74 Å². The minimum Gasteiger partial charge on any atom is -0.494 e. The van der Waals surface area contributed by atoms with Gasteiger partial charge in [-0.1, -0.05) is 15.9 Å². The van der Waals surface area contributed by atoms with Gasteiger partial charge in [0.1, 0.15) is 5.75 Å². The standard InChI is InChI=1S/C14H18BrNO3/c15-11-3-5-13(6-4-11)19-9-1-2-14(18)16-8-7-12(17)10-16/h3-6,12,17H,1-2,7-10H2. The molecule has 104 valence electrons. The Labute approximate surface area is 121 Å². The molecule has 1 N–H and O–H groups in total. The Morgan fingerprint density at radius 2 is 2.16 bits per heavy atom. The summed E-state index contributed by atoms with van der Waals surface area (Å²) in [5, 5.41) is 9.37. The maximum atomic E-state index is 11.8. The quantitative estimate of drug-likeness (QED) is 0.843. The van der Waals surface area contributed by atoms with Crippen molar-refractivity contribution in [3.63, 3.8) is 0 Å². The Bertz CT molecular complexity index is 421. The van der Waals surface area contributed by atoms with Gasteiger partial charge < -0.3 is 14.7 Å². The fraction of sp³-hybridized carbons (Fsp3) is 0.500. The Hall–Kier alpha value is -1.07. The molecule has 1 aromatic carbocycles. The molecule has 0 bridgehead atoms. The van der Waals surface area contributed by atoms with E-state index < -0.39 is 0 Å². The highest BCUT2D eigenvalue weighted by Crippen LogP contribution is 2.16. The van der Waals surface area contributed by atoms with Crippen molar-refractivity contribution in [1.82, 2.24) is 4.90 Å². The Kier molecular flexibility index (Phi) is 5.22. The summed E-state index contributed by atoms with van der Waals surface area (Å²) in [7, 11) is 0. The number of aliphatic hydroxyl groups is 1. The largest absolute Gasteiger partial charge is 0.494 e. The number of hydrogen-bond acceptors (Lipinski definition) is 3. The highest BCUT2D eigenvalue weighted by Gasteiger charge is 2.23. The molecular formula is C14H18BrNO3. The SMILES string of the molecule is O=C(CCCOc1ccc(Br)cc1)N1CCC(O)C1. The summed E-state index contributed by atoms with van der Waals surface area (Å²) in [5.41, 5.74) is 0. The van der Waals surface area contributed by atoms with Crippen molar-refractivity contribution in [2.45, 2.75) is 25.4 Å². The van der Waals surface area contributed by atoms with E-state index in [-0.39, 0.29) is 12.0 Å². The first-order valence-corrected chi connectivity index (χ1v) is 7.28.